The van der Waals surface area contributed by atoms with E-state index in [9.17, 15) is 9.59 Å². The molecule has 164 valence electrons. The van der Waals surface area contributed by atoms with Gasteiger partial charge >= 0.3 is 0 Å². The summed E-state index contributed by atoms with van der Waals surface area (Å²) in [5.41, 5.74) is 2.25. The lowest BCUT2D eigenvalue weighted by atomic mass is 9.96. The van der Waals surface area contributed by atoms with E-state index in [-0.39, 0.29) is 11.8 Å². The zero-order chi connectivity index (χ0) is 21.9. The number of carbonyl (C=O) groups excluding carboxylic acids is 2. The highest BCUT2D eigenvalue weighted by molar-refractivity contribution is 6.07. The van der Waals surface area contributed by atoms with E-state index in [0.717, 1.165) is 67.6 Å². The molecule has 1 saturated carbocycles. The van der Waals surface area contributed by atoms with E-state index < -0.39 is 0 Å². The van der Waals surface area contributed by atoms with Gasteiger partial charge in [0.1, 0.15) is 5.82 Å². The Hall–Kier alpha value is -3.41. The molecule has 2 heterocycles. The van der Waals surface area contributed by atoms with Crippen molar-refractivity contribution in [1.82, 2.24) is 15.2 Å². The predicted octanol–water partition coefficient (Wildman–Crippen LogP) is 4.09. The Balaban J connectivity index is 1.22. The van der Waals surface area contributed by atoms with Gasteiger partial charge < -0.3 is 15.5 Å². The van der Waals surface area contributed by atoms with Crippen LogP contribution in [0.15, 0.2) is 60.7 Å². The molecule has 0 spiro atoms. The Bertz CT molecular complexity index is 1120. The number of fused-ring (bicyclic) bond motifs is 1. The number of rotatable bonds is 6. The minimum absolute atomic E-state index is 0.0260. The molecule has 0 radical (unpaired) electrons. The van der Waals surface area contributed by atoms with Crippen molar-refractivity contribution < 1.29 is 9.59 Å². The number of anilines is 1. The highest BCUT2D eigenvalue weighted by atomic mass is 16.2. The fourth-order valence-corrected chi connectivity index (χ4v) is 4.30. The van der Waals surface area contributed by atoms with Gasteiger partial charge in [-0.05, 0) is 55.9 Å². The normalized spacial score (nSPS) is 16.7. The van der Waals surface area contributed by atoms with Crippen LogP contribution in [0.5, 0.6) is 0 Å². The number of amides is 2. The van der Waals surface area contributed by atoms with Crippen molar-refractivity contribution in [2.45, 2.75) is 31.7 Å². The van der Waals surface area contributed by atoms with Gasteiger partial charge in [-0.2, -0.15) is 0 Å². The van der Waals surface area contributed by atoms with Crippen molar-refractivity contribution in [3.8, 4) is 0 Å². The molecular formula is C26H28N4O2. The van der Waals surface area contributed by atoms with Crippen LogP contribution in [-0.2, 0) is 0 Å². The first-order chi connectivity index (χ1) is 15.7. The van der Waals surface area contributed by atoms with Crippen LogP contribution in [0.1, 0.15) is 46.4 Å². The maximum Gasteiger partial charge on any atom is 0.253 e. The Kier molecular flexibility index (Phi) is 5.75. The molecule has 1 aliphatic carbocycles. The van der Waals surface area contributed by atoms with E-state index in [4.69, 9.17) is 4.98 Å². The molecule has 0 bridgehead atoms. The number of para-hydroxylation sites is 1. The van der Waals surface area contributed by atoms with Crippen molar-refractivity contribution in [3.63, 3.8) is 0 Å². The largest absolute Gasteiger partial charge is 0.370 e. The molecule has 5 rings (SSSR count). The first-order valence-electron chi connectivity index (χ1n) is 11.5. The lowest BCUT2D eigenvalue weighted by Crippen LogP contribution is -2.39. The minimum atomic E-state index is -0.0260. The number of pyridine rings is 1. The van der Waals surface area contributed by atoms with Crippen LogP contribution in [0.4, 0.5) is 5.82 Å². The summed E-state index contributed by atoms with van der Waals surface area (Å²) in [5.74, 6) is 1.28. The number of aromatic nitrogens is 1. The maximum absolute atomic E-state index is 12.8. The monoisotopic (exact) mass is 428 g/mol. The lowest BCUT2D eigenvalue weighted by molar-refractivity contribution is 0.0694. The fourth-order valence-electron chi connectivity index (χ4n) is 4.30. The zero-order valence-corrected chi connectivity index (χ0v) is 18.1. The molecule has 2 aliphatic rings. The number of carbonyl (C=O) groups is 2. The summed E-state index contributed by atoms with van der Waals surface area (Å²) in [5, 5.41) is 7.42. The van der Waals surface area contributed by atoms with Crippen LogP contribution >= 0.6 is 0 Å². The molecule has 2 amide bonds. The molecule has 2 N–H and O–H groups in total. The minimum Gasteiger partial charge on any atom is -0.370 e. The Labute approximate surface area is 188 Å². The zero-order valence-electron chi connectivity index (χ0n) is 18.1. The van der Waals surface area contributed by atoms with Gasteiger partial charge in [0.15, 0.2) is 0 Å². The summed E-state index contributed by atoms with van der Waals surface area (Å²) in [6.07, 6.45) is 4.03. The van der Waals surface area contributed by atoms with E-state index in [1.165, 1.54) is 0 Å². The van der Waals surface area contributed by atoms with E-state index in [1.807, 2.05) is 65.6 Å². The Morgan fingerprint density at radius 1 is 0.938 bits per heavy atom. The summed E-state index contributed by atoms with van der Waals surface area (Å²) in [6, 6.07) is 19.4. The molecule has 1 aliphatic heterocycles. The maximum atomic E-state index is 12.8. The molecule has 0 atom stereocenters. The van der Waals surface area contributed by atoms with E-state index in [1.54, 1.807) is 0 Å². The molecule has 3 aromatic rings. The van der Waals surface area contributed by atoms with Gasteiger partial charge in [-0.1, -0.05) is 36.4 Å². The van der Waals surface area contributed by atoms with Crippen molar-refractivity contribution in [1.29, 1.82) is 0 Å². The second-order valence-electron chi connectivity index (χ2n) is 8.80. The lowest BCUT2D eigenvalue weighted by Gasteiger charge is -2.32. The highest BCUT2D eigenvalue weighted by Crippen LogP contribution is 2.25. The highest BCUT2D eigenvalue weighted by Gasteiger charge is 2.26. The quantitative estimate of drug-likeness (QED) is 0.620. The smallest absolute Gasteiger partial charge is 0.253 e. The van der Waals surface area contributed by atoms with E-state index in [2.05, 4.69) is 10.6 Å². The third-order valence-corrected chi connectivity index (χ3v) is 6.37. The summed E-state index contributed by atoms with van der Waals surface area (Å²) in [7, 11) is 0. The van der Waals surface area contributed by atoms with Gasteiger partial charge in [0, 0.05) is 36.6 Å². The molecule has 0 unspecified atom stereocenters. The van der Waals surface area contributed by atoms with Gasteiger partial charge in [-0.15, -0.1) is 0 Å². The standard InChI is InChI=1S/C26H28N4O2/c31-25(28-20-10-11-20)22-16-24(29-23-9-5-4-8-21(22)23)27-17-18-12-14-30(15-13-18)26(32)19-6-2-1-3-7-19/h1-9,16,18,20H,10-15,17H2,(H,27,29)(H,28,31). The third kappa shape index (κ3) is 4.59. The van der Waals surface area contributed by atoms with Gasteiger partial charge in [0.2, 0.25) is 0 Å². The second-order valence-corrected chi connectivity index (χ2v) is 8.80. The van der Waals surface area contributed by atoms with Crippen LogP contribution in [-0.4, -0.2) is 47.4 Å². The molecule has 2 aromatic carbocycles. The topological polar surface area (TPSA) is 74.3 Å². The SMILES string of the molecule is O=C(NC1CC1)c1cc(NCC2CCN(C(=O)c3ccccc3)CC2)nc2ccccc12. The van der Waals surface area contributed by atoms with Gasteiger partial charge in [0.05, 0.1) is 11.1 Å². The summed E-state index contributed by atoms with van der Waals surface area (Å²) < 4.78 is 0. The van der Waals surface area contributed by atoms with Crippen molar-refractivity contribution in [2.75, 3.05) is 25.0 Å². The molecule has 1 saturated heterocycles. The predicted molar refractivity (Wildman–Crippen MR) is 126 cm³/mol. The summed E-state index contributed by atoms with van der Waals surface area (Å²) in [4.78, 5) is 32.1. The number of piperidine rings is 1. The van der Waals surface area contributed by atoms with Crippen LogP contribution in [0.2, 0.25) is 0 Å². The Morgan fingerprint density at radius 3 is 2.41 bits per heavy atom. The molecule has 32 heavy (non-hydrogen) atoms. The van der Waals surface area contributed by atoms with Crippen molar-refractivity contribution in [2.24, 2.45) is 5.92 Å². The fraction of sp³-hybridized carbons (Fsp3) is 0.346. The second kappa shape index (κ2) is 8.99. The van der Waals surface area contributed by atoms with Gasteiger partial charge in [-0.25, -0.2) is 4.98 Å². The average Bonchev–Trinajstić information content (AvgIpc) is 3.66. The third-order valence-electron chi connectivity index (χ3n) is 6.37. The molecular weight excluding hydrogens is 400 g/mol. The van der Waals surface area contributed by atoms with Crippen molar-refractivity contribution >= 4 is 28.5 Å². The number of benzene rings is 2. The summed E-state index contributed by atoms with van der Waals surface area (Å²) >= 11 is 0. The van der Waals surface area contributed by atoms with Crippen LogP contribution < -0.4 is 10.6 Å². The molecule has 6 heteroatoms. The number of hydrogen-bond donors (Lipinski definition) is 2. The average molecular weight is 429 g/mol. The molecule has 6 nitrogen and oxygen atoms in total. The Morgan fingerprint density at radius 2 is 1.66 bits per heavy atom. The van der Waals surface area contributed by atoms with Gasteiger partial charge in [0.25, 0.3) is 11.8 Å². The van der Waals surface area contributed by atoms with Gasteiger partial charge in [-0.3, -0.25) is 9.59 Å². The number of nitrogens with one attached hydrogen (secondary N) is 2. The number of likely N-dealkylation sites (tertiary alicyclic amines) is 1. The first kappa shape index (κ1) is 20.5. The van der Waals surface area contributed by atoms with E-state index in [0.29, 0.717) is 17.5 Å². The summed E-state index contributed by atoms with van der Waals surface area (Å²) in [6.45, 7) is 2.31. The van der Waals surface area contributed by atoms with Crippen LogP contribution in [0.25, 0.3) is 10.9 Å². The van der Waals surface area contributed by atoms with E-state index >= 15 is 0 Å². The van der Waals surface area contributed by atoms with Crippen LogP contribution in [0.3, 0.4) is 0 Å². The van der Waals surface area contributed by atoms with Crippen molar-refractivity contribution in [3.05, 3.63) is 71.8 Å². The molecule has 1 aromatic heterocycles. The van der Waals surface area contributed by atoms with Crippen LogP contribution in [0, 0.1) is 5.92 Å². The number of hydrogen-bond acceptors (Lipinski definition) is 4. The first-order valence-corrected chi connectivity index (χ1v) is 11.5. The molecule has 2 fully saturated rings. The number of nitrogens with zero attached hydrogens (tertiary/aromatic N) is 2.